The summed E-state index contributed by atoms with van der Waals surface area (Å²) in [5.74, 6) is 1.24. The predicted molar refractivity (Wildman–Crippen MR) is 106 cm³/mol. The summed E-state index contributed by atoms with van der Waals surface area (Å²) in [7, 11) is 0. The SMILES string of the molecule is O=c1[nH]c2sccc2c(=O)n1CCC1NCC2CCc3c(O)cccc3C21. The van der Waals surface area contributed by atoms with Crippen LogP contribution in [0.3, 0.4) is 0 Å². The molecule has 6 nitrogen and oxygen atoms in total. The fraction of sp³-hybridized carbons (Fsp3) is 0.400. The van der Waals surface area contributed by atoms with Gasteiger partial charge in [0.1, 0.15) is 10.6 Å². The molecule has 2 aliphatic rings. The van der Waals surface area contributed by atoms with Crippen molar-refractivity contribution in [1.29, 1.82) is 0 Å². The Morgan fingerprint density at radius 2 is 2.15 bits per heavy atom. The summed E-state index contributed by atoms with van der Waals surface area (Å²) in [5.41, 5.74) is 1.72. The second-order valence-electron chi connectivity index (χ2n) is 7.52. The van der Waals surface area contributed by atoms with E-state index < -0.39 is 0 Å². The largest absolute Gasteiger partial charge is 0.508 e. The number of nitrogens with zero attached hydrogens (tertiary/aromatic N) is 1. The summed E-state index contributed by atoms with van der Waals surface area (Å²) < 4.78 is 1.32. The molecular weight excluding hydrogens is 362 g/mol. The van der Waals surface area contributed by atoms with Gasteiger partial charge in [-0.25, -0.2) is 4.79 Å². The minimum atomic E-state index is -0.341. The van der Waals surface area contributed by atoms with Gasteiger partial charge in [-0.1, -0.05) is 12.1 Å². The minimum Gasteiger partial charge on any atom is -0.508 e. The van der Waals surface area contributed by atoms with E-state index in [9.17, 15) is 14.7 Å². The number of aromatic hydroxyl groups is 1. The molecule has 1 aliphatic carbocycles. The molecule has 1 fully saturated rings. The van der Waals surface area contributed by atoms with Crippen LogP contribution in [0, 0.1) is 5.92 Å². The molecular formula is C20H21N3O3S. The van der Waals surface area contributed by atoms with Crippen molar-refractivity contribution in [3.05, 3.63) is 61.6 Å². The number of hydrogen-bond donors (Lipinski definition) is 3. The summed E-state index contributed by atoms with van der Waals surface area (Å²) in [5, 5.41) is 16.2. The van der Waals surface area contributed by atoms with Crippen LogP contribution in [0.15, 0.2) is 39.2 Å². The maximum absolute atomic E-state index is 12.6. The zero-order valence-electron chi connectivity index (χ0n) is 14.8. The van der Waals surface area contributed by atoms with Gasteiger partial charge in [-0.05, 0) is 60.4 Å². The van der Waals surface area contributed by atoms with E-state index in [1.807, 2.05) is 11.4 Å². The maximum atomic E-state index is 12.6. The third-order valence-corrected chi connectivity index (χ3v) is 7.00. The van der Waals surface area contributed by atoms with Gasteiger partial charge in [0, 0.05) is 18.5 Å². The smallest absolute Gasteiger partial charge is 0.329 e. The van der Waals surface area contributed by atoms with Gasteiger partial charge in [-0.3, -0.25) is 14.3 Å². The van der Waals surface area contributed by atoms with Crippen LogP contribution in [0.25, 0.3) is 10.2 Å². The minimum absolute atomic E-state index is 0.195. The van der Waals surface area contributed by atoms with Crippen molar-refractivity contribution in [2.75, 3.05) is 6.54 Å². The number of phenols is 1. The molecule has 3 N–H and O–H groups in total. The van der Waals surface area contributed by atoms with Crippen LogP contribution in [-0.2, 0) is 13.0 Å². The molecule has 1 saturated heterocycles. The quantitative estimate of drug-likeness (QED) is 0.647. The fourth-order valence-corrected chi connectivity index (χ4v) is 5.64. The van der Waals surface area contributed by atoms with Crippen LogP contribution in [0.4, 0.5) is 0 Å². The van der Waals surface area contributed by atoms with Gasteiger partial charge in [-0.2, -0.15) is 0 Å². The first-order chi connectivity index (χ1) is 13.1. The average Bonchev–Trinajstić information content (AvgIpc) is 3.29. The molecule has 140 valence electrons. The van der Waals surface area contributed by atoms with Crippen molar-refractivity contribution in [2.45, 2.75) is 37.8 Å². The number of nitrogens with one attached hydrogen (secondary N) is 2. The molecule has 3 atom stereocenters. The lowest BCUT2D eigenvalue weighted by molar-refractivity contribution is 0.381. The summed E-state index contributed by atoms with van der Waals surface area (Å²) in [4.78, 5) is 28.4. The predicted octanol–water partition coefficient (Wildman–Crippen LogP) is 2.17. The number of thiophene rings is 1. The highest BCUT2D eigenvalue weighted by Crippen LogP contribution is 2.44. The third-order valence-electron chi connectivity index (χ3n) is 6.17. The van der Waals surface area contributed by atoms with Gasteiger partial charge in [0.05, 0.1) is 5.39 Å². The van der Waals surface area contributed by atoms with Crippen molar-refractivity contribution in [2.24, 2.45) is 5.92 Å². The highest BCUT2D eigenvalue weighted by molar-refractivity contribution is 7.16. The summed E-state index contributed by atoms with van der Waals surface area (Å²) in [6, 6.07) is 7.73. The zero-order valence-corrected chi connectivity index (χ0v) is 15.6. The van der Waals surface area contributed by atoms with Crippen LogP contribution in [-0.4, -0.2) is 27.2 Å². The number of rotatable bonds is 3. The number of phenolic OH excluding ortho intramolecular Hbond substituents is 1. The summed E-state index contributed by atoms with van der Waals surface area (Å²) in [6.45, 7) is 1.33. The molecule has 0 spiro atoms. The Morgan fingerprint density at radius 1 is 1.26 bits per heavy atom. The lowest BCUT2D eigenvalue weighted by Crippen LogP contribution is -2.37. The third kappa shape index (κ3) is 2.64. The standard InChI is InChI=1S/C20H21N3O3S/c24-16-3-1-2-13-12(16)5-4-11-10-21-15(17(11)13)6-8-23-19(25)14-7-9-27-18(14)22-20(23)26/h1-3,7,9,11,15,17,21,24H,4-6,8,10H2,(H,22,26). The lowest BCUT2D eigenvalue weighted by atomic mass is 9.73. The molecule has 2 aromatic heterocycles. The van der Waals surface area contributed by atoms with Crippen molar-refractivity contribution in [3.8, 4) is 5.75 Å². The average molecular weight is 383 g/mol. The Hall–Kier alpha value is -2.38. The number of hydrogen-bond acceptors (Lipinski definition) is 5. The van der Waals surface area contributed by atoms with E-state index in [4.69, 9.17) is 0 Å². The second-order valence-corrected chi connectivity index (χ2v) is 8.44. The highest BCUT2D eigenvalue weighted by atomic mass is 32.1. The van der Waals surface area contributed by atoms with Gasteiger partial charge in [0.2, 0.25) is 0 Å². The van der Waals surface area contributed by atoms with E-state index in [-0.39, 0.29) is 17.3 Å². The summed E-state index contributed by atoms with van der Waals surface area (Å²) in [6.07, 6.45) is 2.67. The first kappa shape index (κ1) is 16.8. The molecule has 7 heteroatoms. The number of fused-ring (bicyclic) bond motifs is 4. The first-order valence-electron chi connectivity index (χ1n) is 9.38. The molecule has 0 radical (unpaired) electrons. The second kappa shape index (κ2) is 6.35. The molecule has 5 rings (SSSR count). The number of benzene rings is 1. The first-order valence-corrected chi connectivity index (χ1v) is 10.3. The van der Waals surface area contributed by atoms with E-state index in [1.165, 1.54) is 21.5 Å². The molecule has 0 bridgehead atoms. The number of aromatic amines is 1. The Bertz CT molecular complexity index is 1130. The van der Waals surface area contributed by atoms with E-state index in [0.717, 1.165) is 24.9 Å². The van der Waals surface area contributed by atoms with Gasteiger partial charge in [0.25, 0.3) is 5.56 Å². The Morgan fingerprint density at radius 3 is 3.04 bits per heavy atom. The summed E-state index contributed by atoms with van der Waals surface area (Å²) >= 11 is 1.37. The van der Waals surface area contributed by atoms with Gasteiger partial charge in [0.15, 0.2) is 0 Å². The molecule has 1 aliphatic heterocycles. The zero-order chi connectivity index (χ0) is 18.5. The molecule has 27 heavy (non-hydrogen) atoms. The Labute approximate surface area is 159 Å². The highest BCUT2D eigenvalue weighted by Gasteiger charge is 2.40. The fourth-order valence-electron chi connectivity index (χ4n) is 4.87. The molecule has 3 unspecified atom stereocenters. The van der Waals surface area contributed by atoms with Crippen molar-refractivity contribution in [1.82, 2.24) is 14.9 Å². The van der Waals surface area contributed by atoms with Crippen LogP contribution in [0.1, 0.15) is 29.9 Å². The van der Waals surface area contributed by atoms with Gasteiger partial charge in [-0.15, -0.1) is 11.3 Å². The Kier molecular flexibility index (Phi) is 3.94. The molecule has 3 heterocycles. The van der Waals surface area contributed by atoms with Crippen molar-refractivity contribution >= 4 is 21.6 Å². The van der Waals surface area contributed by atoms with E-state index in [1.54, 1.807) is 12.1 Å². The van der Waals surface area contributed by atoms with E-state index >= 15 is 0 Å². The number of H-pyrrole nitrogens is 1. The maximum Gasteiger partial charge on any atom is 0.329 e. The number of aromatic nitrogens is 2. The van der Waals surface area contributed by atoms with Crippen LogP contribution >= 0.6 is 11.3 Å². The van der Waals surface area contributed by atoms with Crippen LogP contribution < -0.4 is 16.6 Å². The topological polar surface area (TPSA) is 87.1 Å². The monoisotopic (exact) mass is 383 g/mol. The van der Waals surface area contributed by atoms with Crippen molar-refractivity contribution in [3.63, 3.8) is 0 Å². The normalized spacial score (nSPS) is 24.1. The van der Waals surface area contributed by atoms with E-state index in [0.29, 0.717) is 40.8 Å². The van der Waals surface area contributed by atoms with Crippen LogP contribution in [0.5, 0.6) is 5.75 Å². The Balaban J connectivity index is 1.44. The van der Waals surface area contributed by atoms with Crippen LogP contribution in [0.2, 0.25) is 0 Å². The molecule has 1 aromatic carbocycles. The lowest BCUT2D eigenvalue weighted by Gasteiger charge is -2.31. The van der Waals surface area contributed by atoms with Gasteiger partial charge >= 0.3 is 5.69 Å². The molecule has 0 saturated carbocycles. The molecule has 0 amide bonds. The van der Waals surface area contributed by atoms with Gasteiger partial charge < -0.3 is 10.4 Å². The molecule has 3 aromatic rings. The van der Waals surface area contributed by atoms with E-state index in [2.05, 4.69) is 16.4 Å². The van der Waals surface area contributed by atoms with Crippen molar-refractivity contribution < 1.29 is 5.11 Å².